The smallest absolute Gasteiger partial charge is 0.293 e. The van der Waals surface area contributed by atoms with Crippen LogP contribution in [0.5, 0.6) is 5.75 Å². The number of rotatable bonds is 7. The van der Waals surface area contributed by atoms with Gasteiger partial charge in [0, 0.05) is 11.8 Å². The fourth-order valence-electron chi connectivity index (χ4n) is 2.25. The van der Waals surface area contributed by atoms with Crippen molar-refractivity contribution in [2.24, 2.45) is 0 Å². The van der Waals surface area contributed by atoms with E-state index in [0.29, 0.717) is 23.0 Å². The average Bonchev–Trinajstić information content (AvgIpc) is 3.32. The lowest BCUT2D eigenvalue weighted by Crippen LogP contribution is -2.13. The second-order valence-electron chi connectivity index (χ2n) is 5.32. The van der Waals surface area contributed by atoms with E-state index in [9.17, 15) is 9.59 Å². The highest BCUT2D eigenvalue weighted by Crippen LogP contribution is 2.23. The monoisotopic (exact) mass is 371 g/mol. The number of carbonyl (C=O) groups is 2. The van der Waals surface area contributed by atoms with Gasteiger partial charge in [0.2, 0.25) is 5.91 Å². The van der Waals surface area contributed by atoms with E-state index < -0.39 is 0 Å². The molecule has 8 heteroatoms. The van der Waals surface area contributed by atoms with Gasteiger partial charge in [-0.05, 0) is 30.7 Å². The molecule has 2 N–H and O–H groups in total. The molecule has 0 aliphatic carbocycles. The summed E-state index contributed by atoms with van der Waals surface area (Å²) in [6.45, 7) is 0. The third-order valence-electron chi connectivity index (χ3n) is 3.51. The van der Waals surface area contributed by atoms with Crippen molar-refractivity contribution in [1.29, 1.82) is 0 Å². The minimum atomic E-state index is -0.357. The van der Waals surface area contributed by atoms with Crippen molar-refractivity contribution in [2.75, 3.05) is 17.7 Å². The molecule has 26 heavy (non-hydrogen) atoms. The highest BCUT2D eigenvalue weighted by atomic mass is 32.1. The largest absolute Gasteiger partial charge is 0.495 e. The molecule has 0 unspecified atom stereocenters. The van der Waals surface area contributed by atoms with E-state index in [1.54, 1.807) is 31.4 Å². The van der Waals surface area contributed by atoms with Gasteiger partial charge in [-0.25, -0.2) is 4.98 Å². The summed E-state index contributed by atoms with van der Waals surface area (Å²) in [6, 6.07) is 10.4. The Kier molecular flexibility index (Phi) is 5.65. The number of benzene rings is 1. The van der Waals surface area contributed by atoms with E-state index in [-0.39, 0.29) is 24.0 Å². The molecular weight excluding hydrogens is 354 g/mol. The average molecular weight is 371 g/mol. The molecule has 134 valence electrons. The van der Waals surface area contributed by atoms with Crippen molar-refractivity contribution < 1.29 is 18.7 Å². The predicted molar refractivity (Wildman–Crippen MR) is 98.7 cm³/mol. The summed E-state index contributed by atoms with van der Waals surface area (Å²) in [4.78, 5) is 28.3. The number of hydrogen-bond acceptors (Lipinski definition) is 6. The minimum Gasteiger partial charge on any atom is -0.495 e. The highest BCUT2D eigenvalue weighted by molar-refractivity contribution is 7.13. The molecule has 3 aromatic rings. The first kappa shape index (κ1) is 17.7. The van der Waals surface area contributed by atoms with Crippen LogP contribution in [-0.2, 0) is 11.2 Å². The van der Waals surface area contributed by atoms with E-state index >= 15 is 0 Å². The predicted octanol–water partition coefficient (Wildman–Crippen LogP) is 3.57. The van der Waals surface area contributed by atoms with Crippen LogP contribution in [0.25, 0.3) is 0 Å². The molecule has 0 radical (unpaired) electrons. The van der Waals surface area contributed by atoms with E-state index in [1.165, 1.54) is 17.6 Å². The van der Waals surface area contributed by atoms with Gasteiger partial charge in [0.25, 0.3) is 5.91 Å². The number of aromatic nitrogens is 1. The second-order valence-corrected chi connectivity index (χ2v) is 6.18. The lowest BCUT2D eigenvalue weighted by atomic mass is 10.2. The van der Waals surface area contributed by atoms with Gasteiger partial charge >= 0.3 is 0 Å². The summed E-state index contributed by atoms with van der Waals surface area (Å²) in [7, 11) is 1.55. The molecule has 0 bridgehead atoms. The Balaban J connectivity index is 1.51. The van der Waals surface area contributed by atoms with Gasteiger partial charge in [0.1, 0.15) is 5.75 Å². The number of thiazole rings is 1. The molecule has 2 heterocycles. The number of ether oxygens (including phenoxy) is 1. The van der Waals surface area contributed by atoms with Crippen LogP contribution in [0.2, 0.25) is 0 Å². The number of para-hydroxylation sites is 2. The molecule has 7 nitrogen and oxygen atoms in total. The standard InChI is InChI=1S/C18H17N3O4S/c1-24-14-6-3-2-5-13(14)20-16(22)9-8-12-11-26-18(19-12)21-17(23)15-7-4-10-25-15/h2-7,10-11H,8-9H2,1H3,(H,20,22)(H,19,21,23). The maximum atomic E-state index is 12.1. The summed E-state index contributed by atoms with van der Waals surface area (Å²) in [5.74, 6) is 0.337. The number of anilines is 2. The molecular formula is C18H17N3O4S. The molecule has 0 fully saturated rings. The van der Waals surface area contributed by atoms with Gasteiger partial charge < -0.3 is 14.5 Å². The number of amides is 2. The third-order valence-corrected chi connectivity index (χ3v) is 4.31. The van der Waals surface area contributed by atoms with E-state index in [4.69, 9.17) is 9.15 Å². The van der Waals surface area contributed by atoms with Gasteiger partial charge in [-0.15, -0.1) is 11.3 Å². The SMILES string of the molecule is COc1ccccc1NC(=O)CCc1csc(NC(=O)c2ccco2)n1. The maximum absolute atomic E-state index is 12.1. The fraction of sp³-hybridized carbons (Fsp3) is 0.167. The Morgan fingerprint density at radius 1 is 1.19 bits per heavy atom. The first-order valence-corrected chi connectivity index (χ1v) is 8.76. The molecule has 0 aliphatic rings. The van der Waals surface area contributed by atoms with Crippen molar-refractivity contribution in [3.63, 3.8) is 0 Å². The summed E-state index contributed by atoms with van der Waals surface area (Å²) < 4.78 is 10.2. The van der Waals surface area contributed by atoms with Crippen LogP contribution in [0.3, 0.4) is 0 Å². The van der Waals surface area contributed by atoms with Crippen molar-refractivity contribution in [2.45, 2.75) is 12.8 Å². The van der Waals surface area contributed by atoms with Crippen molar-refractivity contribution in [3.8, 4) is 5.75 Å². The Morgan fingerprint density at radius 2 is 2.04 bits per heavy atom. The number of carbonyl (C=O) groups excluding carboxylic acids is 2. The van der Waals surface area contributed by atoms with E-state index in [2.05, 4.69) is 15.6 Å². The number of methoxy groups -OCH3 is 1. The van der Waals surface area contributed by atoms with Crippen LogP contribution >= 0.6 is 11.3 Å². The van der Waals surface area contributed by atoms with Gasteiger partial charge in [0.05, 0.1) is 24.8 Å². The zero-order valence-electron chi connectivity index (χ0n) is 14.0. The van der Waals surface area contributed by atoms with Crippen LogP contribution in [0, 0.1) is 0 Å². The van der Waals surface area contributed by atoms with E-state index in [0.717, 1.165) is 5.69 Å². The van der Waals surface area contributed by atoms with Crippen LogP contribution in [-0.4, -0.2) is 23.9 Å². The lowest BCUT2D eigenvalue weighted by Gasteiger charge is -2.09. The van der Waals surface area contributed by atoms with Gasteiger partial charge in [-0.2, -0.15) is 0 Å². The Hall–Kier alpha value is -3.13. The Morgan fingerprint density at radius 3 is 2.81 bits per heavy atom. The summed E-state index contributed by atoms with van der Waals surface area (Å²) in [5.41, 5.74) is 1.37. The molecule has 0 saturated heterocycles. The molecule has 3 rings (SSSR count). The summed E-state index contributed by atoms with van der Waals surface area (Å²) in [5, 5.41) is 7.76. The molecule has 0 atom stereocenters. The number of furan rings is 1. The number of nitrogens with zero attached hydrogens (tertiary/aromatic N) is 1. The van der Waals surface area contributed by atoms with E-state index in [1.807, 2.05) is 17.5 Å². The number of hydrogen-bond donors (Lipinski definition) is 2. The molecule has 0 aliphatic heterocycles. The number of aryl methyl sites for hydroxylation is 1. The van der Waals surface area contributed by atoms with Crippen molar-refractivity contribution in [3.05, 3.63) is 59.5 Å². The molecule has 2 amide bonds. The summed E-state index contributed by atoms with van der Waals surface area (Å²) in [6.07, 6.45) is 2.17. The van der Waals surface area contributed by atoms with Gasteiger partial charge in [0.15, 0.2) is 10.9 Å². The zero-order chi connectivity index (χ0) is 18.4. The quantitative estimate of drug-likeness (QED) is 0.662. The molecule has 0 spiro atoms. The Labute approximate surface area is 154 Å². The lowest BCUT2D eigenvalue weighted by molar-refractivity contribution is -0.116. The molecule has 0 saturated carbocycles. The zero-order valence-corrected chi connectivity index (χ0v) is 14.8. The topological polar surface area (TPSA) is 93.5 Å². The third kappa shape index (κ3) is 4.48. The molecule has 2 aromatic heterocycles. The highest BCUT2D eigenvalue weighted by Gasteiger charge is 2.12. The minimum absolute atomic E-state index is 0.135. The fourth-order valence-corrected chi connectivity index (χ4v) is 2.99. The Bertz CT molecular complexity index is 889. The van der Waals surface area contributed by atoms with Crippen LogP contribution in [0.1, 0.15) is 22.7 Å². The van der Waals surface area contributed by atoms with Crippen molar-refractivity contribution >= 4 is 34.0 Å². The van der Waals surface area contributed by atoms with Crippen molar-refractivity contribution in [1.82, 2.24) is 4.98 Å². The first-order valence-electron chi connectivity index (χ1n) is 7.88. The maximum Gasteiger partial charge on any atom is 0.293 e. The van der Waals surface area contributed by atoms with Crippen LogP contribution in [0.4, 0.5) is 10.8 Å². The second kappa shape index (κ2) is 8.30. The van der Waals surface area contributed by atoms with Gasteiger partial charge in [-0.1, -0.05) is 12.1 Å². The van der Waals surface area contributed by atoms with Crippen LogP contribution in [0.15, 0.2) is 52.5 Å². The normalized spacial score (nSPS) is 10.3. The first-order chi connectivity index (χ1) is 12.7. The molecule has 1 aromatic carbocycles. The van der Waals surface area contributed by atoms with Gasteiger partial charge in [-0.3, -0.25) is 14.9 Å². The summed E-state index contributed by atoms with van der Waals surface area (Å²) >= 11 is 1.30. The van der Waals surface area contributed by atoms with Crippen LogP contribution < -0.4 is 15.4 Å². The number of nitrogens with one attached hydrogen (secondary N) is 2.